The first-order valence-electron chi connectivity index (χ1n) is 5.46. The molecule has 0 bridgehead atoms. The van der Waals surface area contributed by atoms with Gasteiger partial charge in [-0.2, -0.15) is 0 Å². The Balaban J connectivity index is 2.02. The van der Waals surface area contributed by atoms with Gasteiger partial charge in [-0.05, 0) is 6.92 Å². The van der Waals surface area contributed by atoms with Gasteiger partial charge in [0, 0.05) is 31.6 Å². The third-order valence-electron chi connectivity index (χ3n) is 3.10. The molecule has 0 aromatic carbocycles. The van der Waals surface area contributed by atoms with Crippen LogP contribution in [0.5, 0.6) is 0 Å². The first-order valence-corrected chi connectivity index (χ1v) is 5.46. The highest BCUT2D eigenvalue weighted by atomic mass is 16.7. The lowest BCUT2D eigenvalue weighted by atomic mass is 9.82. The molecule has 1 saturated heterocycles. The molecule has 3 nitrogen and oxygen atoms in total. The van der Waals surface area contributed by atoms with Crippen molar-refractivity contribution in [2.45, 2.75) is 38.4 Å². The maximum Gasteiger partial charge on any atom is 0.169 e. The number of Topliss-reactive ketones (excluding diaryl/α,β-unsaturated/α-hetero) is 1. The van der Waals surface area contributed by atoms with Crippen molar-refractivity contribution in [2.75, 3.05) is 13.2 Å². The van der Waals surface area contributed by atoms with Crippen molar-refractivity contribution in [3.05, 3.63) is 0 Å². The Hall–Kier alpha value is -0.850. The van der Waals surface area contributed by atoms with Crippen LogP contribution in [0.4, 0.5) is 0 Å². The smallest absolute Gasteiger partial charge is 0.169 e. The molecule has 3 heteroatoms. The van der Waals surface area contributed by atoms with Crippen LogP contribution in [-0.4, -0.2) is 24.8 Å². The Kier molecular flexibility index (Phi) is 3.08. The fourth-order valence-corrected chi connectivity index (χ4v) is 2.28. The topological polar surface area (TPSA) is 35.5 Å². The second-order valence-corrected chi connectivity index (χ2v) is 4.11. The summed E-state index contributed by atoms with van der Waals surface area (Å²) in [5.74, 6) is 5.65. The van der Waals surface area contributed by atoms with Crippen LogP contribution in [0.15, 0.2) is 0 Å². The molecule has 1 atom stereocenters. The van der Waals surface area contributed by atoms with Crippen LogP contribution in [0.25, 0.3) is 0 Å². The Morgan fingerprint density at radius 1 is 1.47 bits per heavy atom. The molecule has 2 rings (SSSR count). The third-order valence-corrected chi connectivity index (χ3v) is 3.10. The minimum Gasteiger partial charge on any atom is -0.347 e. The summed E-state index contributed by atoms with van der Waals surface area (Å²) in [4.78, 5) is 11.7. The van der Waals surface area contributed by atoms with Crippen LogP contribution in [0.2, 0.25) is 0 Å². The van der Waals surface area contributed by atoms with Gasteiger partial charge in [-0.15, -0.1) is 11.8 Å². The van der Waals surface area contributed by atoms with E-state index in [9.17, 15) is 4.79 Å². The molecule has 1 aliphatic carbocycles. The van der Waals surface area contributed by atoms with Crippen LogP contribution >= 0.6 is 0 Å². The summed E-state index contributed by atoms with van der Waals surface area (Å²) in [5, 5.41) is 0. The minimum absolute atomic E-state index is 0.00398. The van der Waals surface area contributed by atoms with Crippen LogP contribution in [0.1, 0.15) is 32.6 Å². The molecule has 0 N–H and O–H groups in total. The summed E-state index contributed by atoms with van der Waals surface area (Å²) < 4.78 is 11.2. The Morgan fingerprint density at radius 3 is 2.87 bits per heavy atom. The molecule has 1 heterocycles. The number of ketones is 1. The summed E-state index contributed by atoms with van der Waals surface area (Å²) in [6, 6.07) is 0. The molecule has 0 aromatic rings. The zero-order valence-electron chi connectivity index (χ0n) is 9.04. The molecule has 15 heavy (non-hydrogen) atoms. The van der Waals surface area contributed by atoms with Crippen LogP contribution < -0.4 is 0 Å². The standard InChI is InChI=1S/C12H16O3/c1-2-3-4-10-9-12(6-5-11(10)13)14-7-8-15-12/h10H,4-9H2,1H3. The summed E-state index contributed by atoms with van der Waals surface area (Å²) in [7, 11) is 0. The van der Waals surface area contributed by atoms with E-state index in [0.717, 1.165) is 0 Å². The van der Waals surface area contributed by atoms with Gasteiger partial charge in [0.25, 0.3) is 0 Å². The van der Waals surface area contributed by atoms with Crippen LogP contribution in [-0.2, 0) is 14.3 Å². The Labute approximate surface area is 90.1 Å². The maximum absolute atomic E-state index is 11.7. The number of hydrogen-bond donors (Lipinski definition) is 0. The normalized spacial score (nSPS) is 28.9. The number of ether oxygens (including phenoxy) is 2. The van der Waals surface area contributed by atoms with Crippen LogP contribution in [0, 0.1) is 17.8 Å². The van der Waals surface area contributed by atoms with E-state index in [-0.39, 0.29) is 5.92 Å². The van der Waals surface area contributed by atoms with E-state index in [1.165, 1.54) is 0 Å². The first-order chi connectivity index (χ1) is 7.26. The Morgan fingerprint density at radius 2 is 2.20 bits per heavy atom. The lowest BCUT2D eigenvalue weighted by Gasteiger charge is -2.34. The van der Waals surface area contributed by atoms with Crippen molar-refractivity contribution in [1.29, 1.82) is 0 Å². The highest BCUT2D eigenvalue weighted by Crippen LogP contribution is 2.38. The van der Waals surface area contributed by atoms with E-state index >= 15 is 0 Å². The molecular weight excluding hydrogens is 192 g/mol. The van der Waals surface area contributed by atoms with Gasteiger partial charge in [-0.1, -0.05) is 0 Å². The molecule has 1 unspecified atom stereocenters. The van der Waals surface area contributed by atoms with Gasteiger partial charge in [0.05, 0.1) is 13.2 Å². The van der Waals surface area contributed by atoms with Crippen molar-refractivity contribution in [1.82, 2.24) is 0 Å². The van der Waals surface area contributed by atoms with Crippen molar-refractivity contribution in [3.8, 4) is 11.8 Å². The monoisotopic (exact) mass is 208 g/mol. The van der Waals surface area contributed by atoms with E-state index in [0.29, 0.717) is 44.7 Å². The number of rotatable bonds is 1. The number of carbonyl (C=O) groups is 1. The SMILES string of the molecule is CC#CCC1CC2(CCC1=O)OCCO2. The number of hydrogen-bond acceptors (Lipinski definition) is 3. The molecule has 1 saturated carbocycles. The van der Waals surface area contributed by atoms with Crippen molar-refractivity contribution >= 4 is 5.78 Å². The van der Waals surface area contributed by atoms with E-state index < -0.39 is 5.79 Å². The summed E-state index contributed by atoms with van der Waals surface area (Å²) >= 11 is 0. The molecule has 1 aliphatic heterocycles. The zero-order chi connectivity index (χ0) is 10.7. The third kappa shape index (κ3) is 2.22. The lowest BCUT2D eigenvalue weighted by molar-refractivity contribution is -0.188. The van der Waals surface area contributed by atoms with E-state index in [4.69, 9.17) is 9.47 Å². The molecule has 0 radical (unpaired) electrons. The van der Waals surface area contributed by atoms with Gasteiger partial charge in [0.15, 0.2) is 5.79 Å². The summed E-state index contributed by atoms with van der Waals surface area (Å²) in [6.07, 6.45) is 2.60. The molecule has 2 aliphatic rings. The molecule has 2 fully saturated rings. The Bertz CT molecular complexity index is 305. The predicted octanol–water partition coefficient (Wildman–Crippen LogP) is 1.51. The van der Waals surface area contributed by atoms with Crippen molar-refractivity contribution in [3.63, 3.8) is 0 Å². The van der Waals surface area contributed by atoms with E-state index in [2.05, 4.69) is 11.8 Å². The molecular formula is C12H16O3. The molecule has 0 amide bonds. The average Bonchev–Trinajstić information content (AvgIpc) is 2.69. The highest BCUT2D eigenvalue weighted by molar-refractivity contribution is 5.82. The minimum atomic E-state index is -0.464. The predicted molar refractivity (Wildman–Crippen MR) is 55.1 cm³/mol. The van der Waals surface area contributed by atoms with Gasteiger partial charge < -0.3 is 9.47 Å². The van der Waals surface area contributed by atoms with Crippen molar-refractivity contribution < 1.29 is 14.3 Å². The highest BCUT2D eigenvalue weighted by Gasteiger charge is 2.44. The van der Waals surface area contributed by atoms with E-state index in [1.54, 1.807) is 6.92 Å². The molecule has 82 valence electrons. The number of carbonyl (C=O) groups excluding carboxylic acids is 1. The molecule has 0 aromatic heterocycles. The second-order valence-electron chi connectivity index (χ2n) is 4.11. The van der Waals surface area contributed by atoms with E-state index in [1.807, 2.05) is 0 Å². The van der Waals surface area contributed by atoms with Gasteiger partial charge in [-0.3, -0.25) is 4.79 Å². The largest absolute Gasteiger partial charge is 0.347 e. The van der Waals surface area contributed by atoms with Crippen LogP contribution in [0.3, 0.4) is 0 Å². The zero-order valence-corrected chi connectivity index (χ0v) is 9.04. The van der Waals surface area contributed by atoms with Gasteiger partial charge in [0.1, 0.15) is 5.78 Å². The fourth-order valence-electron chi connectivity index (χ4n) is 2.28. The molecule has 1 spiro atoms. The average molecular weight is 208 g/mol. The van der Waals surface area contributed by atoms with Gasteiger partial charge in [0.2, 0.25) is 0 Å². The lowest BCUT2D eigenvalue weighted by Crippen LogP contribution is -2.40. The fraction of sp³-hybridized carbons (Fsp3) is 0.750. The summed E-state index contributed by atoms with van der Waals surface area (Å²) in [5.41, 5.74) is 0. The summed E-state index contributed by atoms with van der Waals surface area (Å²) in [6.45, 7) is 3.10. The maximum atomic E-state index is 11.7. The quantitative estimate of drug-likeness (QED) is 0.613. The van der Waals surface area contributed by atoms with Crippen molar-refractivity contribution in [2.24, 2.45) is 5.92 Å². The van der Waals surface area contributed by atoms with Gasteiger partial charge in [-0.25, -0.2) is 0 Å². The second kappa shape index (κ2) is 4.34. The van der Waals surface area contributed by atoms with Gasteiger partial charge >= 0.3 is 0 Å². The first kappa shape index (κ1) is 10.7.